The maximum atomic E-state index is 12.5. The van der Waals surface area contributed by atoms with Crippen LogP contribution < -0.4 is 4.74 Å². The minimum Gasteiger partial charge on any atom is -0.497 e. The molecular formula is C19H30N2O3. The summed E-state index contributed by atoms with van der Waals surface area (Å²) in [5, 5.41) is 0. The van der Waals surface area contributed by atoms with Crippen molar-refractivity contribution in [3.05, 3.63) is 29.8 Å². The average Bonchev–Trinajstić information content (AvgIpc) is 2.60. The predicted octanol–water partition coefficient (Wildman–Crippen LogP) is 2.66. The van der Waals surface area contributed by atoms with Crippen LogP contribution >= 0.6 is 0 Å². The minimum absolute atomic E-state index is 0.0273. The van der Waals surface area contributed by atoms with E-state index in [1.165, 1.54) is 6.42 Å². The number of hydrogen-bond donors (Lipinski definition) is 0. The molecule has 1 aromatic carbocycles. The first-order valence-electron chi connectivity index (χ1n) is 8.71. The van der Waals surface area contributed by atoms with Crippen molar-refractivity contribution in [2.24, 2.45) is 0 Å². The Bertz CT molecular complexity index is 516. The molecule has 1 fully saturated rings. The molecule has 0 aliphatic heterocycles. The minimum atomic E-state index is -0.240. The van der Waals surface area contributed by atoms with Crippen LogP contribution in [0.3, 0.4) is 0 Å². The van der Waals surface area contributed by atoms with Crippen LogP contribution in [0.1, 0.15) is 36.0 Å². The standard InChI is InChI=1S/C19H30N2O3/c1-20(2)13-14-21(3)17-7-5-6-8-18(17)24-19(22)15-9-11-16(23-4)12-10-15/h9-12,17-18H,5-8,13-14H2,1-4H3/t17-,18-/m1/s1. The molecule has 0 unspecified atom stereocenters. The third-order valence-corrected chi connectivity index (χ3v) is 4.72. The quantitative estimate of drug-likeness (QED) is 0.717. The van der Waals surface area contributed by atoms with Crippen LogP contribution in [0.4, 0.5) is 0 Å². The molecule has 0 radical (unpaired) electrons. The van der Waals surface area contributed by atoms with Crippen LogP contribution in [0.5, 0.6) is 5.75 Å². The maximum Gasteiger partial charge on any atom is 0.338 e. The zero-order valence-electron chi connectivity index (χ0n) is 15.3. The van der Waals surface area contributed by atoms with Crippen molar-refractivity contribution in [3.63, 3.8) is 0 Å². The van der Waals surface area contributed by atoms with E-state index in [4.69, 9.17) is 9.47 Å². The van der Waals surface area contributed by atoms with Crippen LogP contribution in [-0.4, -0.2) is 69.3 Å². The Labute approximate surface area is 145 Å². The second-order valence-corrected chi connectivity index (χ2v) is 6.81. The Balaban J connectivity index is 1.97. The van der Waals surface area contributed by atoms with Gasteiger partial charge in [-0.25, -0.2) is 4.79 Å². The Morgan fingerprint density at radius 2 is 1.75 bits per heavy atom. The lowest BCUT2D eigenvalue weighted by Gasteiger charge is -2.37. The molecule has 0 spiro atoms. The molecule has 1 aliphatic carbocycles. The normalized spacial score (nSPS) is 21.1. The summed E-state index contributed by atoms with van der Waals surface area (Å²) in [7, 11) is 7.91. The van der Waals surface area contributed by atoms with Gasteiger partial charge in [-0.3, -0.25) is 4.90 Å². The highest BCUT2D eigenvalue weighted by molar-refractivity contribution is 5.89. The summed E-state index contributed by atoms with van der Waals surface area (Å²) in [6, 6.07) is 7.40. The molecule has 24 heavy (non-hydrogen) atoms. The largest absolute Gasteiger partial charge is 0.497 e. The van der Waals surface area contributed by atoms with Crippen molar-refractivity contribution in [1.29, 1.82) is 0 Å². The Hall–Kier alpha value is -1.59. The molecule has 0 N–H and O–H groups in total. The fraction of sp³-hybridized carbons (Fsp3) is 0.632. The van der Waals surface area contributed by atoms with Gasteiger partial charge in [0.15, 0.2) is 0 Å². The van der Waals surface area contributed by atoms with E-state index >= 15 is 0 Å². The first-order valence-corrected chi connectivity index (χ1v) is 8.71. The van der Waals surface area contributed by atoms with Gasteiger partial charge in [0.2, 0.25) is 0 Å². The molecule has 1 aromatic rings. The van der Waals surface area contributed by atoms with Gasteiger partial charge in [-0.15, -0.1) is 0 Å². The van der Waals surface area contributed by atoms with E-state index in [2.05, 4.69) is 30.9 Å². The molecule has 2 atom stereocenters. The van der Waals surface area contributed by atoms with Gasteiger partial charge in [-0.2, -0.15) is 0 Å². The van der Waals surface area contributed by atoms with Gasteiger partial charge in [-0.1, -0.05) is 6.42 Å². The van der Waals surface area contributed by atoms with E-state index in [0.29, 0.717) is 11.6 Å². The predicted molar refractivity (Wildman–Crippen MR) is 95.6 cm³/mol. The number of hydrogen-bond acceptors (Lipinski definition) is 5. The van der Waals surface area contributed by atoms with Crippen LogP contribution in [0, 0.1) is 0 Å². The number of carbonyl (C=O) groups excluding carboxylic acids is 1. The van der Waals surface area contributed by atoms with Crippen LogP contribution in [0.2, 0.25) is 0 Å². The SMILES string of the molecule is COc1ccc(C(=O)O[C@@H]2CCCC[C@H]2N(C)CCN(C)C)cc1. The van der Waals surface area contributed by atoms with Gasteiger partial charge in [-0.05, 0) is 64.7 Å². The number of methoxy groups -OCH3 is 1. The lowest BCUT2D eigenvalue weighted by atomic mass is 9.91. The monoisotopic (exact) mass is 334 g/mol. The summed E-state index contributed by atoms with van der Waals surface area (Å²) >= 11 is 0. The summed E-state index contributed by atoms with van der Waals surface area (Å²) in [5.74, 6) is 0.501. The van der Waals surface area contributed by atoms with E-state index < -0.39 is 0 Å². The molecule has 2 rings (SSSR count). The molecule has 1 aliphatic rings. The zero-order valence-corrected chi connectivity index (χ0v) is 15.3. The van der Waals surface area contributed by atoms with E-state index in [0.717, 1.165) is 38.1 Å². The molecule has 134 valence electrons. The smallest absolute Gasteiger partial charge is 0.338 e. The molecule has 0 amide bonds. The lowest BCUT2D eigenvalue weighted by Crippen LogP contribution is -2.47. The molecule has 0 bridgehead atoms. The summed E-state index contributed by atoms with van der Waals surface area (Å²) in [4.78, 5) is 17.0. The first kappa shape index (κ1) is 18.7. The number of esters is 1. The van der Waals surface area contributed by atoms with Crippen molar-refractivity contribution < 1.29 is 14.3 Å². The fourth-order valence-electron chi connectivity index (χ4n) is 3.18. The van der Waals surface area contributed by atoms with Gasteiger partial charge in [0.1, 0.15) is 11.9 Å². The Morgan fingerprint density at radius 1 is 1.08 bits per heavy atom. The Kier molecular flexibility index (Phi) is 7.06. The highest BCUT2D eigenvalue weighted by Gasteiger charge is 2.31. The summed E-state index contributed by atoms with van der Waals surface area (Å²) < 4.78 is 11.0. The number of carbonyl (C=O) groups is 1. The molecule has 1 saturated carbocycles. The lowest BCUT2D eigenvalue weighted by molar-refractivity contribution is -0.0127. The Morgan fingerprint density at radius 3 is 2.38 bits per heavy atom. The van der Waals surface area contributed by atoms with Crippen molar-refractivity contribution in [2.45, 2.75) is 37.8 Å². The van der Waals surface area contributed by atoms with Gasteiger partial charge < -0.3 is 14.4 Å². The van der Waals surface area contributed by atoms with Crippen LogP contribution in [-0.2, 0) is 4.74 Å². The number of ether oxygens (including phenoxy) is 2. The fourth-order valence-corrected chi connectivity index (χ4v) is 3.18. The zero-order chi connectivity index (χ0) is 17.5. The number of rotatable bonds is 7. The molecule has 5 nitrogen and oxygen atoms in total. The van der Waals surface area contributed by atoms with E-state index in [9.17, 15) is 4.79 Å². The van der Waals surface area contributed by atoms with Gasteiger partial charge in [0, 0.05) is 19.1 Å². The summed E-state index contributed by atoms with van der Waals surface area (Å²) in [5.41, 5.74) is 0.580. The first-order chi connectivity index (χ1) is 11.5. The second-order valence-electron chi connectivity index (χ2n) is 6.81. The number of nitrogens with zero attached hydrogens (tertiary/aromatic N) is 2. The van der Waals surface area contributed by atoms with Gasteiger partial charge in [0.25, 0.3) is 0 Å². The van der Waals surface area contributed by atoms with E-state index in [1.54, 1.807) is 31.4 Å². The highest BCUT2D eigenvalue weighted by atomic mass is 16.5. The van der Waals surface area contributed by atoms with Crippen LogP contribution in [0.25, 0.3) is 0 Å². The third-order valence-electron chi connectivity index (χ3n) is 4.72. The number of benzene rings is 1. The topological polar surface area (TPSA) is 42.0 Å². The second kappa shape index (κ2) is 9.04. The maximum absolute atomic E-state index is 12.5. The summed E-state index contributed by atoms with van der Waals surface area (Å²) in [6.07, 6.45) is 4.33. The molecule has 5 heteroatoms. The molecule has 0 aromatic heterocycles. The van der Waals surface area contributed by atoms with Crippen LogP contribution in [0.15, 0.2) is 24.3 Å². The van der Waals surface area contributed by atoms with E-state index in [-0.39, 0.29) is 12.1 Å². The van der Waals surface area contributed by atoms with Gasteiger partial charge in [0.05, 0.1) is 12.7 Å². The highest BCUT2D eigenvalue weighted by Crippen LogP contribution is 2.26. The number of likely N-dealkylation sites (N-methyl/N-ethyl adjacent to an activating group) is 2. The van der Waals surface area contributed by atoms with Crippen molar-refractivity contribution in [1.82, 2.24) is 9.80 Å². The summed E-state index contributed by atoms with van der Waals surface area (Å²) in [6.45, 7) is 1.99. The van der Waals surface area contributed by atoms with Crippen molar-refractivity contribution in [3.8, 4) is 5.75 Å². The molecule has 0 saturated heterocycles. The van der Waals surface area contributed by atoms with Gasteiger partial charge >= 0.3 is 5.97 Å². The van der Waals surface area contributed by atoms with E-state index in [1.807, 2.05) is 0 Å². The average molecular weight is 334 g/mol. The molecule has 0 heterocycles. The third kappa shape index (κ3) is 5.21. The molecular weight excluding hydrogens is 304 g/mol. The van der Waals surface area contributed by atoms with Crippen molar-refractivity contribution >= 4 is 5.97 Å². The van der Waals surface area contributed by atoms with Crippen molar-refractivity contribution in [2.75, 3.05) is 41.3 Å².